The van der Waals surface area contributed by atoms with Gasteiger partial charge in [0.1, 0.15) is 11.7 Å². The Labute approximate surface area is 154 Å². The number of allylic oxidation sites excluding steroid dienone is 1. The van der Waals surface area contributed by atoms with Crippen molar-refractivity contribution < 1.29 is 4.74 Å². The van der Waals surface area contributed by atoms with Crippen molar-refractivity contribution in [3.05, 3.63) is 23.2 Å². The van der Waals surface area contributed by atoms with Crippen molar-refractivity contribution in [2.45, 2.75) is 81.4 Å². The fourth-order valence-electron chi connectivity index (χ4n) is 4.11. The van der Waals surface area contributed by atoms with E-state index in [2.05, 4.69) is 23.8 Å². The van der Waals surface area contributed by atoms with E-state index in [0.717, 1.165) is 42.3 Å². The van der Waals surface area contributed by atoms with Crippen molar-refractivity contribution in [1.29, 1.82) is 0 Å². The summed E-state index contributed by atoms with van der Waals surface area (Å²) in [5.41, 5.74) is 5.69. The van der Waals surface area contributed by atoms with Gasteiger partial charge in [-0.2, -0.15) is 0 Å². The number of hydrogen-bond acceptors (Lipinski definition) is 5. The molecular weight excluding hydrogens is 330 g/mol. The molecule has 5 heteroatoms. The van der Waals surface area contributed by atoms with Crippen LogP contribution < -0.4 is 4.74 Å². The maximum absolute atomic E-state index is 5.96. The summed E-state index contributed by atoms with van der Waals surface area (Å²) >= 11 is 1.82. The molecule has 134 valence electrons. The lowest BCUT2D eigenvalue weighted by Crippen LogP contribution is -2.21. The van der Waals surface area contributed by atoms with E-state index in [1.54, 1.807) is 17.5 Å². The molecule has 1 aromatic heterocycles. The Hall–Kier alpha value is -1.36. The van der Waals surface area contributed by atoms with Crippen molar-refractivity contribution in [2.24, 2.45) is 4.99 Å². The molecule has 0 amide bonds. The van der Waals surface area contributed by atoms with E-state index in [4.69, 9.17) is 9.73 Å². The number of fused-ring (bicyclic) bond motifs is 4. The highest BCUT2D eigenvalue weighted by atomic mass is 32.2. The van der Waals surface area contributed by atoms with Gasteiger partial charge >= 0.3 is 0 Å². The van der Waals surface area contributed by atoms with Crippen molar-refractivity contribution in [1.82, 2.24) is 9.97 Å². The molecule has 4 nitrogen and oxygen atoms in total. The van der Waals surface area contributed by atoms with Gasteiger partial charge in [0.2, 0.25) is 5.88 Å². The van der Waals surface area contributed by atoms with Crippen LogP contribution in [-0.2, 0) is 0 Å². The molecular formula is C20H27N3OS. The van der Waals surface area contributed by atoms with Crippen LogP contribution in [0.5, 0.6) is 5.88 Å². The first kappa shape index (κ1) is 17.1. The molecule has 3 heterocycles. The molecule has 25 heavy (non-hydrogen) atoms. The zero-order valence-electron chi connectivity index (χ0n) is 15.3. The highest BCUT2D eigenvalue weighted by Gasteiger charge is 2.44. The minimum atomic E-state index is 0.240. The van der Waals surface area contributed by atoms with E-state index in [0.29, 0.717) is 5.92 Å². The highest BCUT2D eigenvalue weighted by molar-refractivity contribution is 8.00. The second-order valence-electron chi connectivity index (χ2n) is 7.12. The minimum Gasteiger partial charge on any atom is -0.477 e. The van der Waals surface area contributed by atoms with Crippen LogP contribution >= 0.6 is 11.8 Å². The number of rotatable bonds is 7. The Morgan fingerprint density at radius 3 is 2.88 bits per heavy atom. The predicted octanol–water partition coefficient (Wildman–Crippen LogP) is 5.30. The van der Waals surface area contributed by atoms with E-state index in [1.165, 1.54) is 37.8 Å². The molecule has 2 unspecified atom stereocenters. The van der Waals surface area contributed by atoms with Crippen LogP contribution in [0.4, 0.5) is 0 Å². The molecule has 0 radical (unpaired) electrons. The van der Waals surface area contributed by atoms with Crippen molar-refractivity contribution in [2.75, 3.05) is 6.61 Å². The fraction of sp³-hybridized carbons (Fsp3) is 0.650. The van der Waals surface area contributed by atoms with Crippen LogP contribution in [0.3, 0.4) is 0 Å². The van der Waals surface area contributed by atoms with Crippen molar-refractivity contribution in [3.63, 3.8) is 0 Å². The first-order valence-electron chi connectivity index (χ1n) is 9.76. The monoisotopic (exact) mass is 357 g/mol. The summed E-state index contributed by atoms with van der Waals surface area (Å²) in [7, 11) is 0. The van der Waals surface area contributed by atoms with E-state index in [-0.39, 0.29) is 5.37 Å². The Kier molecular flexibility index (Phi) is 5.11. The van der Waals surface area contributed by atoms with Crippen LogP contribution in [0.25, 0.3) is 0 Å². The summed E-state index contributed by atoms with van der Waals surface area (Å²) in [6.45, 7) is 5.17. The van der Waals surface area contributed by atoms with Gasteiger partial charge in [0.15, 0.2) is 0 Å². The van der Waals surface area contributed by atoms with Crippen molar-refractivity contribution >= 4 is 17.5 Å². The van der Waals surface area contributed by atoms with Gasteiger partial charge in [0.05, 0.1) is 23.1 Å². The minimum absolute atomic E-state index is 0.240. The molecule has 4 rings (SSSR count). The third kappa shape index (κ3) is 3.12. The molecule has 2 atom stereocenters. The largest absolute Gasteiger partial charge is 0.477 e. The van der Waals surface area contributed by atoms with Crippen LogP contribution in [0.1, 0.15) is 76.8 Å². The Balaban J connectivity index is 1.65. The maximum Gasteiger partial charge on any atom is 0.230 e. The van der Waals surface area contributed by atoms with Gasteiger partial charge in [-0.3, -0.25) is 4.99 Å². The zero-order chi connectivity index (χ0) is 17.2. The Bertz CT molecular complexity index is 713. The summed E-state index contributed by atoms with van der Waals surface area (Å²) in [5.74, 6) is 1.11. The molecule has 1 aliphatic carbocycles. The topological polar surface area (TPSA) is 47.4 Å². The van der Waals surface area contributed by atoms with Crippen molar-refractivity contribution in [3.8, 4) is 5.88 Å². The first-order chi connectivity index (χ1) is 12.3. The van der Waals surface area contributed by atoms with E-state index in [9.17, 15) is 0 Å². The lowest BCUT2D eigenvalue weighted by Gasteiger charge is -2.26. The van der Waals surface area contributed by atoms with Gasteiger partial charge in [0, 0.05) is 5.71 Å². The van der Waals surface area contributed by atoms with E-state index in [1.807, 2.05) is 11.8 Å². The van der Waals surface area contributed by atoms with Gasteiger partial charge in [0.25, 0.3) is 0 Å². The Morgan fingerprint density at radius 1 is 1.16 bits per heavy atom. The normalized spacial score (nSPS) is 24.0. The summed E-state index contributed by atoms with van der Waals surface area (Å²) in [5, 5.41) is 0.240. The van der Waals surface area contributed by atoms with Crippen LogP contribution in [0, 0.1) is 0 Å². The molecule has 1 aromatic rings. The quantitative estimate of drug-likeness (QED) is 0.622. The third-order valence-electron chi connectivity index (χ3n) is 5.39. The average Bonchev–Trinajstić information content (AvgIpc) is 3.24. The van der Waals surface area contributed by atoms with Gasteiger partial charge in [-0.15, -0.1) is 0 Å². The smallest absolute Gasteiger partial charge is 0.230 e. The van der Waals surface area contributed by atoms with Gasteiger partial charge in [-0.05, 0) is 44.1 Å². The summed E-state index contributed by atoms with van der Waals surface area (Å²) in [4.78, 5) is 15.4. The fourth-order valence-corrected chi connectivity index (χ4v) is 5.48. The third-order valence-corrected chi connectivity index (χ3v) is 6.63. The molecule has 3 aliphatic rings. The van der Waals surface area contributed by atoms with Gasteiger partial charge in [-0.25, -0.2) is 9.97 Å². The highest BCUT2D eigenvalue weighted by Crippen LogP contribution is 2.56. The number of nitrogens with zero attached hydrogens (tertiary/aromatic N) is 3. The molecule has 0 aromatic carbocycles. The second-order valence-corrected chi connectivity index (χ2v) is 8.24. The molecule has 0 saturated carbocycles. The molecule has 0 bridgehead atoms. The molecule has 0 spiro atoms. The molecule has 0 saturated heterocycles. The number of aliphatic imine (C=N–C) groups is 1. The lowest BCUT2D eigenvalue weighted by molar-refractivity contribution is 0.289. The molecule has 0 N–H and O–H groups in total. The average molecular weight is 358 g/mol. The number of ether oxygens (including phenoxy) is 1. The van der Waals surface area contributed by atoms with E-state index >= 15 is 0 Å². The molecule has 2 aliphatic heterocycles. The van der Waals surface area contributed by atoms with Crippen LogP contribution in [0.2, 0.25) is 0 Å². The zero-order valence-corrected chi connectivity index (χ0v) is 16.1. The lowest BCUT2D eigenvalue weighted by atomic mass is 9.87. The Morgan fingerprint density at radius 2 is 2.04 bits per heavy atom. The van der Waals surface area contributed by atoms with Gasteiger partial charge < -0.3 is 4.74 Å². The molecule has 0 fully saturated rings. The second kappa shape index (κ2) is 7.48. The van der Waals surface area contributed by atoms with Crippen LogP contribution in [-0.4, -0.2) is 27.7 Å². The summed E-state index contributed by atoms with van der Waals surface area (Å²) in [6.07, 6.45) is 11.1. The van der Waals surface area contributed by atoms with E-state index < -0.39 is 0 Å². The number of unbranched alkanes of at least 4 members (excludes halogenated alkanes) is 2. The first-order valence-corrected chi connectivity index (χ1v) is 10.6. The number of aromatic nitrogens is 2. The van der Waals surface area contributed by atoms with Gasteiger partial charge in [-0.1, -0.05) is 44.0 Å². The number of hydrogen-bond donors (Lipinski definition) is 0. The number of thioether (sulfide) groups is 1. The standard InChI is InChI=1S/C20H27N3OS/c1-3-5-10-15-13-8-7-9-14(13)16-17-18(25-20(16)23-15)19(22-12-21-17)24-11-6-4-2/h12,16,20H,3-11H2,1-2H3. The predicted molar refractivity (Wildman–Crippen MR) is 103 cm³/mol. The summed E-state index contributed by atoms with van der Waals surface area (Å²) in [6, 6.07) is 0. The summed E-state index contributed by atoms with van der Waals surface area (Å²) < 4.78 is 5.96. The SMILES string of the molecule is CCCCOc1ncnc2c1SC1N=C(CCCC)C3=C(CCC3)C21. The number of dihydropyridines is 1. The van der Waals surface area contributed by atoms with Crippen LogP contribution in [0.15, 0.2) is 27.4 Å². The maximum atomic E-state index is 5.96.